The van der Waals surface area contributed by atoms with Crippen molar-refractivity contribution in [3.05, 3.63) is 52.7 Å². The molecule has 1 atom stereocenters. The van der Waals surface area contributed by atoms with Gasteiger partial charge in [0.1, 0.15) is 5.76 Å². The zero-order valence-corrected chi connectivity index (χ0v) is 13.7. The number of aliphatic hydroxyl groups excluding tert-OH is 1. The van der Waals surface area contributed by atoms with Gasteiger partial charge in [-0.3, -0.25) is 9.78 Å². The number of hydrogen-bond acceptors (Lipinski definition) is 4. The zero-order valence-electron chi connectivity index (χ0n) is 13.7. The molecule has 0 saturated carbocycles. The van der Waals surface area contributed by atoms with Gasteiger partial charge in [-0.25, -0.2) is 0 Å². The fraction of sp³-hybridized carbons (Fsp3) is 0.444. The number of fused-ring (bicyclic) bond motifs is 1. The molecule has 0 aromatic carbocycles. The van der Waals surface area contributed by atoms with E-state index < -0.39 is 6.10 Å². The molecular weight excluding hydrogens is 292 g/mol. The number of nitrogens with one attached hydrogen (secondary N) is 1. The van der Waals surface area contributed by atoms with E-state index in [0.717, 1.165) is 28.9 Å². The van der Waals surface area contributed by atoms with Gasteiger partial charge in [0.05, 0.1) is 6.10 Å². The number of carbonyl (C=O) groups is 1. The lowest BCUT2D eigenvalue weighted by Crippen LogP contribution is -2.25. The van der Waals surface area contributed by atoms with Crippen molar-refractivity contribution in [1.29, 1.82) is 0 Å². The monoisotopic (exact) mass is 314 g/mol. The highest BCUT2D eigenvalue weighted by atomic mass is 16.4. The van der Waals surface area contributed by atoms with Crippen LogP contribution in [0.1, 0.15) is 59.4 Å². The molecule has 0 radical (unpaired) electrons. The van der Waals surface area contributed by atoms with Gasteiger partial charge in [-0.2, -0.15) is 0 Å². The topological polar surface area (TPSA) is 75.4 Å². The molecule has 5 nitrogen and oxygen atoms in total. The van der Waals surface area contributed by atoms with Gasteiger partial charge in [0.2, 0.25) is 0 Å². The number of amides is 1. The molecule has 0 spiro atoms. The minimum Gasteiger partial charge on any atom is -0.455 e. The first-order valence-corrected chi connectivity index (χ1v) is 7.85. The van der Waals surface area contributed by atoms with Crippen molar-refractivity contribution in [2.45, 2.75) is 46.3 Å². The van der Waals surface area contributed by atoms with E-state index in [1.54, 1.807) is 12.4 Å². The predicted octanol–water partition coefficient (Wildman–Crippen LogP) is 2.92. The molecule has 122 valence electrons. The van der Waals surface area contributed by atoms with E-state index in [4.69, 9.17) is 4.42 Å². The first kappa shape index (κ1) is 15.7. The molecule has 2 aromatic rings. The van der Waals surface area contributed by atoms with Gasteiger partial charge in [0.15, 0.2) is 5.76 Å². The Morgan fingerprint density at radius 3 is 3.00 bits per heavy atom. The number of aliphatic hydroxyl groups is 1. The van der Waals surface area contributed by atoms with Crippen molar-refractivity contribution in [1.82, 2.24) is 10.3 Å². The lowest BCUT2D eigenvalue weighted by molar-refractivity contribution is 0.0883. The molecule has 3 rings (SSSR count). The minimum absolute atomic E-state index is 0.0276. The van der Waals surface area contributed by atoms with Gasteiger partial charge >= 0.3 is 0 Å². The van der Waals surface area contributed by atoms with Crippen molar-refractivity contribution in [3.8, 4) is 0 Å². The van der Waals surface area contributed by atoms with E-state index in [1.807, 2.05) is 19.1 Å². The third kappa shape index (κ3) is 3.15. The lowest BCUT2D eigenvalue weighted by Gasteiger charge is -2.31. The molecule has 1 amide bonds. The quantitative estimate of drug-likeness (QED) is 0.913. The number of carbonyl (C=O) groups excluding carboxylic acids is 1. The van der Waals surface area contributed by atoms with Gasteiger partial charge in [0, 0.05) is 36.5 Å². The average molecular weight is 314 g/mol. The Labute approximate surface area is 135 Å². The maximum atomic E-state index is 12.4. The lowest BCUT2D eigenvalue weighted by atomic mass is 9.75. The van der Waals surface area contributed by atoms with E-state index in [-0.39, 0.29) is 11.3 Å². The fourth-order valence-electron chi connectivity index (χ4n) is 3.27. The fourth-order valence-corrected chi connectivity index (χ4v) is 3.27. The van der Waals surface area contributed by atoms with Crippen molar-refractivity contribution in [2.24, 2.45) is 5.41 Å². The Morgan fingerprint density at radius 2 is 2.30 bits per heavy atom. The zero-order chi connectivity index (χ0) is 16.6. The second-order valence-corrected chi connectivity index (χ2v) is 7.00. The van der Waals surface area contributed by atoms with Crippen molar-refractivity contribution in [3.63, 3.8) is 0 Å². The number of aromatic nitrogens is 1. The van der Waals surface area contributed by atoms with Gasteiger partial charge < -0.3 is 14.8 Å². The summed E-state index contributed by atoms with van der Waals surface area (Å²) in [6.45, 7) is 6.42. The van der Waals surface area contributed by atoms with Crippen LogP contribution >= 0.6 is 0 Å². The van der Waals surface area contributed by atoms with Crippen molar-refractivity contribution >= 4 is 5.91 Å². The van der Waals surface area contributed by atoms with E-state index in [1.165, 1.54) is 0 Å². The summed E-state index contributed by atoms with van der Waals surface area (Å²) < 4.78 is 5.81. The molecule has 0 bridgehead atoms. The number of pyridine rings is 1. The molecule has 2 aromatic heterocycles. The van der Waals surface area contributed by atoms with E-state index in [2.05, 4.69) is 24.1 Å². The first-order valence-electron chi connectivity index (χ1n) is 7.85. The van der Waals surface area contributed by atoms with Gasteiger partial charge in [-0.05, 0) is 30.4 Å². The number of hydrogen-bond donors (Lipinski definition) is 2. The summed E-state index contributed by atoms with van der Waals surface area (Å²) in [6, 6.07) is 3.73. The maximum absolute atomic E-state index is 12.4. The Balaban J connectivity index is 1.80. The van der Waals surface area contributed by atoms with E-state index >= 15 is 0 Å². The molecule has 2 heterocycles. The molecule has 1 aliphatic rings. The van der Waals surface area contributed by atoms with Crippen LogP contribution < -0.4 is 5.32 Å². The minimum atomic E-state index is -0.572. The summed E-state index contributed by atoms with van der Waals surface area (Å²) in [5.41, 5.74) is 2.43. The number of furan rings is 1. The molecule has 23 heavy (non-hydrogen) atoms. The van der Waals surface area contributed by atoms with Crippen LogP contribution in [0.15, 0.2) is 28.9 Å². The Hall–Kier alpha value is -2.14. The van der Waals surface area contributed by atoms with Crippen molar-refractivity contribution < 1.29 is 14.3 Å². The highest BCUT2D eigenvalue weighted by Crippen LogP contribution is 2.43. The Kier molecular flexibility index (Phi) is 3.98. The summed E-state index contributed by atoms with van der Waals surface area (Å²) in [4.78, 5) is 16.4. The molecule has 0 fully saturated rings. The Morgan fingerprint density at radius 1 is 1.52 bits per heavy atom. The summed E-state index contributed by atoms with van der Waals surface area (Å²) in [7, 11) is 0. The maximum Gasteiger partial charge on any atom is 0.287 e. The molecular formula is C18H22N2O3. The van der Waals surface area contributed by atoms with Crippen LogP contribution in [0.3, 0.4) is 0 Å². The van der Waals surface area contributed by atoms with Crippen LogP contribution in [0.5, 0.6) is 0 Å². The number of rotatable bonds is 3. The van der Waals surface area contributed by atoms with Gasteiger partial charge in [-0.1, -0.05) is 19.9 Å². The van der Waals surface area contributed by atoms with Crippen LogP contribution in [0.25, 0.3) is 0 Å². The molecule has 5 heteroatoms. The van der Waals surface area contributed by atoms with E-state index in [0.29, 0.717) is 18.7 Å². The molecule has 0 unspecified atom stereocenters. The highest BCUT2D eigenvalue weighted by molar-refractivity contribution is 5.93. The summed E-state index contributed by atoms with van der Waals surface area (Å²) >= 11 is 0. The van der Waals surface area contributed by atoms with Gasteiger partial charge in [-0.15, -0.1) is 0 Å². The summed E-state index contributed by atoms with van der Waals surface area (Å²) in [6.07, 6.45) is 4.25. The second-order valence-electron chi connectivity index (χ2n) is 7.00. The standard InChI is InChI=1S/C18H22N2O3/c1-11-15-13(21)7-18(2,3)8-14(15)23-16(11)17(22)20-10-12-5-4-6-19-9-12/h4-6,9,13,21H,7-8,10H2,1-3H3,(H,20,22)/t13-/m1/s1. The van der Waals surface area contributed by atoms with Gasteiger partial charge in [0.25, 0.3) is 5.91 Å². The van der Waals surface area contributed by atoms with Crippen LogP contribution in [0.4, 0.5) is 0 Å². The molecule has 0 aliphatic heterocycles. The molecule has 1 aliphatic carbocycles. The van der Waals surface area contributed by atoms with Crippen LogP contribution in [-0.2, 0) is 13.0 Å². The third-order valence-corrected chi connectivity index (χ3v) is 4.37. The summed E-state index contributed by atoms with van der Waals surface area (Å²) in [5, 5.41) is 13.2. The highest BCUT2D eigenvalue weighted by Gasteiger charge is 2.37. The molecule has 2 N–H and O–H groups in total. The predicted molar refractivity (Wildman–Crippen MR) is 85.9 cm³/mol. The van der Waals surface area contributed by atoms with Crippen LogP contribution in [0, 0.1) is 12.3 Å². The normalized spacial score (nSPS) is 19.2. The van der Waals surface area contributed by atoms with E-state index in [9.17, 15) is 9.90 Å². The smallest absolute Gasteiger partial charge is 0.287 e. The van der Waals surface area contributed by atoms with Crippen LogP contribution in [0.2, 0.25) is 0 Å². The van der Waals surface area contributed by atoms with Crippen LogP contribution in [-0.4, -0.2) is 16.0 Å². The largest absolute Gasteiger partial charge is 0.455 e. The Bertz CT molecular complexity index is 719. The summed E-state index contributed by atoms with van der Waals surface area (Å²) in [5.74, 6) is 0.777. The SMILES string of the molecule is Cc1c(C(=O)NCc2cccnc2)oc2c1[C@H](O)CC(C)(C)C2. The number of nitrogens with zero attached hydrogens (tertiary/aromatic N) is 1. The molecule has 0 saturated heterocycles. The average Bonchev–Trinajstić information content (AvgIpc) is 2.81. The third-order valence-electron chi connectivity index (χ3n) is 4.37. The second kappa shape index (κ2) is 5.81. The van der Waals surface area contributed by atoms with Crippen molar-refractivity contribution in [2.75, 3.05) is 0 Å². The first-order chi connectivity index (χ1) is 10.9.